The minimum absolute atomic E-state index is 0.0363. The zero-order chi connectivity index (χ0) is 15.9. The third-order valence-corrected chi connectivity index (χ3v) is 3.13. The molecule has 0 radical (unpaired) electrons. The van der Waals surface area contributed by atoms with Crippen LogP contribution >= 0.6 is 0 Å². The molecule has 2 rings (SSSR count). The largest absolute Gasteiger partial charge is 0.507 e. The van der Waals surface area contributed by atoms with Gasteiger partial charge < -0.3 is 9.84 Å². The van der Waals surface area contributed by atoms with Crippen molar-refractivity contribution in [2.45, 2.75) is 6.92 Å². The lowest BCUT2D eigenvalue weighted by Gasteiger charge is -2.09. The van der Waals surface area contributed by atoms with E-state index in [1.54, 1.807) is 18.2 Å². The summed E-state index contributed by atoms with van der Waals surface area (Å²) in [7, 11) is 0. The van der Waals surface area contributed by atoms with Gasteiger partial charge in [-0.1, -0.05) is 49.0 Å². The third kappa shape index (κ3) is 4.35. The van der Waals surface area contributed by atoms with E-state index in [9.17, 15) is 9.90 Å². The molecule has 0 heterocycles. The number of ether oxygens (including phenoxy) is 1. The van der Waals surface area contributed by atoms with Gasteiger partial charge in [0.15, 0.2) is 0 Å². The first kappa shape index (κ1) is 15.6. The van der Waals surface area contributed by atoms with Crippen molar-refractivity contribution < 1.29 is 14.6 Å². The molecule has 0 atom stereocenters. The highest BCUT2D eigenvalue weighted by atomic mass is 16.5. The lowest BCUT2D eigenvalue weighted by molar-refractivity contribution is -0.136. The lowest BCUT2D eigenvalue weighted by Crippen LogP contribution is -2.03. The first-order valence-corrected chi connectivity index (χ1v) is 6.94. The van der Waals surface area contributed by atoms with E-state index in [0.717, 1.165) is 11.1 Å². The van der Waals surface area contributed by atoms with Crippen LogP contribution in [0.3, 0.4) is 0 Å². The van der Waals surface area contributed by atoms with Crippen molar-refractivity contribution in [1.29, 1.82) is 0 Å². The predicted octanol–water partition coefficient (Wildman–Crippen LogP) is 3.97. The Hall–Kier alpha value is -2.81. The molecule has 0 fully saturated rings. The predicted molar refractivity (Wildman–Crippen MR) is 88.3 cm³/mol. The van der Waals surface area contributed by atoms with E-state index in [-0.39, 0.29) is 12.4 Å². The summed E-state index contributed by atoms with van der Waals surface area (Å²) in [5, 5.41) is 9.86. The molecule has 0 aliphatic heterocycles. The van der Waals surface area contributed by atoms with Gasteiger partial charge in [0.05, 0.1) is 0 Å². The number of carbonyl (C=O) groups excluding carboxylic acids is 1. The topological polar surface area (TPSA) is 46.5 Å². The zero-order valence-corrected chi connectivity index (χ0v) is 12.5. The monoisotopic (exact) mass is 294 g/mol. The fourth-order valence-corrected chi connectivity index (χ4v) is 1.95. The fraction of sp³-hybridized carbons (Fsp3) is 0.105. The average molecular weight is 294 g/mol. The molecule has 0 saturated carbocycles. The maximum atomic E-state index is 11.7. The number of carbonyl (C=O) groups is 1. The van der Waals surface area contributed by atoms with Crippen molar-refractivity contribution in [1.82, 2.24) is 0 Å². The highest BCUT2D eigenvalue weighted by molar-refractivity contribution is 5.87. The molecule has 0 amide bonds. The summed E-state index contributed by atoms with van der Waals surface area (Å²) < 4.78 is 5.13. The van der Waals surface area contributed by atoms with Gasteiger partial charge in [0, 0.05) is 11.6 Å². The summed E-state index contributed by atoms with van der Waals surface area (Å²) in [6.07, 6.45) is 3.06. The first-order valence-electron chi connectivity index (χ1n) is 6.94. The highest BCUT2D eigenvalue weighted by Crippen LogP contribution is 2.25. The Morgan fingerprint density at radius 1 is 1.23 bits per heavy atom. The lowest BCUT2D eigenvalue weighted by atomic mass is 10.1. The molecule has 3 heteroatoms. The molecular formula is C19H18O3. The van der Waals surface area contributed by atoms with Crippen LogP contribution in [0, 0.1) is 6.92 Å². The molecule has 0 aliphatic rings. The van der Waals surface area contributed by atoms with E-state index in [1.807, 2.05) is 43.3 Å². The quantitative estimate of drug-likeness (QED) is 0.670. The Labute approximate surface area is 130 Å². The second-order valence-corrected chi connectivity index (χ2v) is 4.98. The maximum Gasteiger partial charge on any atom is 0.331 e. The number of hydrogen-bond donors (Lipinski definition) is 1. The van der Waals surface area contributed by atoms with Crippen LogP contribution in [-0.2, 0) is 9.53 Å². The van der Waals surface area contributed by atoms with Crippen LogP contribution in [0.1, 0.15) is 16.7 Å². The van der Waals surface area contributed by atoms with Gasteiger partial charge in [-0.25, -0.2) is 4.79 Å². The molecule has 0 spiro atoms. The number of phenols is 1. The van der Waals surface area contributed by atoms with Gasteiger partial charge in [-0.15, -0.1) is 0 Å². The summed E-state index contributed by atoms with van der Waals surface area (Å²) in [4.78, 5) is 11.7. The Kier molecular flexibility index (Phi) is 5.15. The van der Waals surface area contributed by atoms with Crippen LogP contribution in [0.25, 0.3) is 11.6 Å². The Bertz CT molecular complexity index is 700. The summed E-state index contributed by atoms with van der Waals surface area (Å²) in [5.74, 6) is -0.308. The highest BCUT2D eigenvalue weighted by Gasteiger charge is 2.07. The van der Waals surface area contributed by atoms with Crippen molar-refractivity contribution in [2.75, 3.05) is 6.61 Å². The second kappa shape index (κ2) is 7.27. The van der Waals surface area contributed by atoms with Gasteiger partial charge in [0.25, 0.3) is 0 Å². The van der Waals surface area contributed by atoms with Gasteiger partial charge >= 0.3 is 5.97 Å². The molecule has 0 bridgehead atoms. The van der Waals surface area contributed by atoms with Crippen LogP contribution < -0.4 is 0 Å². The van der Waals surface area contributed by atoms with Gasteiger partial charge in [-0.05, 0) is 35.8 Å². The second-order valence-electron chi connectivity index (χ2n) is 4.98. The summed E-state index contributed by atoms with van der Waals surface area (Å²) in [5.41, 5.74) is 3.02. The molecular weight excluding hydrogens is 276 g/mol. The summed E-state index contributed by atoms with van der Waals surface area (Å²) in [6.45, 7) is 5.77. The van der Waals surface area contributed by atoms with E-state index in [2.05, 4.69) is 6.58 Å². The molecule has 0 aromatic heterocycles. The SMILES string of the molecule is C=C(COC(=O)C=Cc1ccccc1)c1ccc(C)cc1O. The van der Waals surface area contributed by atoms with Crippen molar-refractivity contribution in [2.24, 2.45) is 0 Å². The minimum Gasteiger partial charge on any atom is -0.507 e. The zero-order valence-electron chi connectivity index (χ0n) is 12.5. The molecule has 112 valence electrons. The van der Waals surface area contributed by atoms with Crippen LogP contribution in [0.4, 0.5) is 0 Å². The standard InChI is InChI=1S/C19H18O3/c1-14-8-10-17(18(20)12-14)15(2)13-22-19(21)11-9-16-6-4-3-5-7-16/h3-12,20H,2,13H2,1H3. The Morgan fingerprint density at radius 3 is 2.64 bits per heavy atom. The van der Waals surface area contributed by atoms with Gasteiger partial charge in [-0.2, -0.15) is 0 Å². The number of aryl methyl sites for hydroxylation is 1. The number of benzene rings is 2. The third-order valence-electron chi connectivity index (χ3n) is 3.13. The number of phenolic OH excluding ortho intramolecular Hbond substituents is 1. The van der Waals surface area contributed by atoms with Crippen LogP contribution in [0.5, 0.6) is 5.75 Å². The first-order chi connectivity index (χ1) is 10.6. The molecule has 0 unspecified atom stereocenters. The maximum absolute atomic E-state index is 11.7. The fourth-order valence-electron chi connectivity index (χ4n) is 1.95. The van der Waals surface area contributed by atoms with Crippen molar-refractivity contribution in [3.8, 4) is 5.75 Å². The van der Waals surface area contributed by atoms with E-state index in [4.69, 9.17) is 4.74 Å². The summed E-state index contributed by atoms with van der Waals surface area (Å²) >= 11 is 0. The summed E-state index contributed by atoms with van der Waals surface area (Å²) in [6, 6.07) is 14.8. The van der Waals surface area contributed by atoms with Gasteiger partial charge in [0.1, 0.15) is 12.4 Å². The van der Waals surface area contributed by atoms with Crippen molar-refractivity contribution in [3.05, 3.63) is 77.9 Å². The van der Waals surface area contributed by atoms with Crippen LogP contribution in [0.2, 0.25) is 0 Å². The van der Waals surface area contributed by atoms with E-state index in [1.165, 1.54) is 6.08 Å². The average Bonchev–Trinajstić information content (AvgIpc) is 2.51. The van der Waals surface area contributed by atoms with Gasteiger partial charge in [-0.3, -0.25) is 0 Å². The Balaban J connectivity index is 1.91. The van der Waals surface area contributed by atoms with Crippen molar-refractivity contribution >= 4 is 17.6 Å². The van der Waals surface area contributed by atoms with E-state index < -0.39 is 5.97 Å². The van der Waals surface area contributed by atoms with Crippen LogP contribution in [0.15, 0.2) is 61.2 Å². The van der Waals surface area contributed by atoms with E-state index in [0.29, 0.717) is 11.1 Å². The number of esters is 1. The molecule has 22 heavy (non-hydrogen) atoms. The normalized spacial score (nSPS) is 10.6. The Morgan fingerprint density at radius 2 is 1.95 bits per heavy atom. The number of aromatic hydroxyl groups is 1. The van der Waals surface area contributed by atoms with E-state index >= 15 is 0 Å². The molecule has 1 N–H and O–H groups in total. The van der Waals surface area contributed by atoms with Crippen molar-refractivity contribution in [3.63, 3.8) is 0 Å². The van der Waals surface area contributed by atoms with Crippen LogP contribution in [-0.4, -0.2) is 17.7 Å². The molecule has 3 nitrogen and oxygen atoms in total. The molecule has 0 saturated heterocycles. The molecule has 2 aromatic carbocycles. The minimum atomic E-state index is -0.448. The number of hydrogen-bond acceptors (Lipinski definition) is 3. The molecule has 2 aromatic rings. The molecule has 0 aliphatic carbocycles. The smallest absolute Gasteiger partial charge is 0.331 e. The van der Waals surface area contributed by atoms with Gasteiger partial charge in [0.2, 0.25) is 0 Å². The number of rotatable bonds is 5.